The van der Waals surface area contributed by atoms with E-state index >= 15 is 0 Å². The van der Waals surface area contributed by atoms with Crippen LogP contribution in [0.5, 0.6) is 0 Å². The zero-order chi connectivity index (χ0) is 23.9. The van der Waals surface area contributed by atoms with Crippen LogP contribution in [0.4, 0.5) is 13.2 Å². The fourth-order valence-corrected chi connectivity index (χ4v) is 4.62. The van der Waals surface area contributed by atoms with E-state index in [0.717, 1.165) is 11.6 Å². The van der Waals surface area contributed by atoms with E-state index in [1.165, 1.54) is 18.5 Å². The fourth-order valence-electron chi connectivity index (χ4n) is 4.10. The summed E-state index contributed by atoms with van der Waals surface area (Å²) in [5, 5.41) is 5.33. The van der Waals surface area contributed by atoms with Crippen LogP contribution in [0.15, 0.2) is 24.3 Å². The zero-order valence-electron chi connectivity index (χ0n) is 18.1. The number of aromatic nitrogens is 3. The molecule has 1 fully saturated rings. The van der Waals surface area contributed by atoms with Gasteiger partial charge < -0.3 is 4.90 Å². The Morgan fingerprint density at radius 1 is 1.09 bits per heavy atom. The van der Waals surface area contributed by atoms with Crippen molar-refractivity contribution in [3.8, 4) is 0 Å². The number of nitrogens with zero attached hydrogens (tertiary/aromatic N) is 5. The number of hydrogen-bond donors (Lipinski definition) is 0. The smallest absolute Gasteiger partial charge is 0.339 e. The van der Waals surface area contributed by atoms with Crippen LogP contribution in [-0.2, 0) is 24.1 Å². The summed E-state index contributed by atoms with van der Waals surface area (Å²) in [4.78, 5) is 21.0. The third-order valence-corrected chi connectivity index (χ3v) is 6.47. The van der Waals surface area contributed by atoms with Crippen molar-refractivity contribution in [1.82, 2.24) is 24.6 Å². The van der Waals surface area contributed by atoms with Gasteiger partial charge in [-0.25, -0.2) is 9.67 Å². The number of carbonyl (C=O) groups is 1. The highest BCUT2D eigenvalue weighted by molar-refractivity contribution is 6.35. The van der Waals surface area contributed by atoms with Gasteiger partial charge in [-0.05, 0) is 32.0 Å². The lowest BCUT2D eigenvalue weighted by atomic mass is 10.1. The number of fused-ring (bicyclic) bond motifs is 1. The third kappa shape index (κ3) is 4.95. The van der Waals surface area contributed by atoms with Gasteiger partial charge in [0.1, 0.15) is 6.54 Å². The van der Waals surface area contributed by atoms with Crippen LogP contribution in [0.3, 0.4) is 0 Å². The molecule has 0 radical (unpaired) electrons. The molecule has 2 aromatic heterocycles. The maximum Gasteiger partial charge on any atom is 0.417 e. The Morgan fingerprint density at radius 2 is 1.73 bits per heavy atom. The molecule has 11 heteroatoms. The van der Waals surface area contributed by atoms with Gasteiger partial charge >= 0.3 is 6.18 Å². The van der Waals surface area contributed by atoms with Crippen LogP contribution >= 0.6 is 23.2 Å². The van der Waals surface area contributed by atoms with Crippen LogP contribution < -0.4 is 0 Å². The molecule has 33 heavy (non-hydrogen) atoms. The van der Waals surface area contributed by atoms with Crippen LogP contribution in [0, 0.1) is 13.8 Å². The number of carbonyl (C=O) groups excluding carboxylic acids is 1. The number of rotatable bonds is 4. The van der Waals surface area contributed by atoms with Crippen molar-refractivity contribution in [2.75, 3.05) is 26.2 Å². The molecular formula is C22H22Cl2F3N5O. The molecule has 3 aromatic rings. The number of piperazine rings is 1. The highest BCUT2D eigenvalue weighted by Gasteiger charge is 2.35. The quantitative estimate of drug-likeness (QED) is 0.521. The van der Waals surface area contributed by atoms with E-state index in [0.29, 0.717) is 42.8 Å². The molecule has 6 nitrogen and oxygen atoms in total. The average Bonchev–Trinajstić information content (AvgIpc) is 3.05. The molecule has 176 valence electrons. The fraction of sp³-hybridized carbons (Fsp3) is 0.409. The molecular weight excluding hydrogens is 478 g/mol. The molecule has 0 atom stereocenters. The van der Waals surface area contributed by atoms with E-state index in [9.17, 15) is 18.0 Å². The van der Waals surface area contributed by atoms with Crippen molar-refractivity contribution in [1.29, 1.82) is 0 Å². The third-order valence-electron chi connectivity index (χ3n) is 5.76. The number of amides is 1. The van der Waals surface area contributed by atoms with E-state index in [1.54, 1.807) is 23.1 Å². The number of pyridine rings is 1. The molecule has 1 aromatic carbocycles. The van der Waals surface area contributed by atoms with Gasteiger partial charge in [0, 0.05) is 54.0 Å². The molecule has 1 aliphatic rings. The van der Waals surface area contributed by atoms with Crippen molar-refractivity contribution in [3.05, 3.63) is 56.8 Å². The number of hydrogen-bond acceptors (Lipinski definition) is 4. The van der Waals surface area contributed by atoms with Crippen LogP contribution in [0.2, 0.25) is 10.0 Å². The maximum absolute atomic E-state index is 13.5. The first-order chi connectivity index (χ1) is 15.5. The molecule has 3 heterocycles. The molecule has 1 aliphatic heterocycles. The van der Waals surface area contributed by atoms with E-state index in [-0.39, 0.29) is 34.9 Å². The molecule has 1 amide bonds. The van der Waals surface area contributed by atoms with Crippen molar-refractivity contribution in [2.45, 2.75) is 33.1 Å². The molecule has 0 N–H and O–H groups in total. The van der Waals surface area contributed by atoms with E-state index < -0.39 is 11.7 Å². The lowest BCUT2D eigenvalue weighted by Gasteiger charge is -2.35. The Hall–Kier alpha value is -2.36. The Morgan fingerprint density at radius 3 is 2.33 bits per heavy atom. The second kappa shape index (κ2) is 9.12. The zero-order valence-corrected chi connectivity index (χ0v) is 19.6. The molecule has 1 saturated heterocycles. The number of aryl methyl sites for hydroxylation is 2. The van der Waals surface area contributed by atoms with Crippen LogP contribution in [0.25, 0.3) is 11.0 Å². The van der Waals surface area contributed by atoms with Crippen molar-refractivity contribution >= 4 is 40.1 Å². The summed E-state index contributed by atoms with van der Waals surface area (Å²) in [5.41, 5.74) is 0.545. The summed E-state index contributed by atoms with van der Waals surface area (Å²) in [6.45, 7) is 5.62. The lowest BCUT2D eigenvalue weighted by molar-refractivity contribution is -0.136. The van der Waals surface area contributed by atoms with Crippen LogP contribution in [0.1, 0.15) is 22.5 Å². The van der Waals surface area contributed by atoms with Gasteiger partial charge in [0.15, 0.2) is 5.65 Å². The Bertz CT molecular complexity index is 1180. The van der Waals surface area contributed by atoms with Gasteiger partial charge in [0.05, 0.1) is 16.6 Å². The predicted octanol–water partition coefficient (Wildman–Crippen LogP) is 4.72. The van der Waals surface area contributed by atoms with Gasteiger partial charge in [-0.2, -0.15) is 18.3 Å². The standard InChI is InChI=1S/C22H22Cl2F3N5O/c1-13-10-16(22(25,26)27)20-14(2)29-32(21(20)28-13)12-19(33)31-8-6-30(7-9-31)11-15-17(23)4-3-5-18(15)24/h3-5,10H,6-9,11-12H2,1-2H3. The highest BCUT2D eigenvalue weighted by Crippen LogP contribution is 2.36. The summed E-state index contributed by atoms with van der Waals surface area (Å²) in [5.74, 6) is -0.216. The second-order valence-electron chi connectivity index (χ2n) is 8.11. The molecule has 0 spiro atoms. The van der Waals surface area contributed by atoms with Crippen molar-refractivity contribution in [2.24, 2.45) is 0 Å². The minimum Gasteiger partial charge on any atom is -0.339 e. The minimum absolute atomic E-state index is 0.0673. The summed E-state index contributed by atoms with van der Waals surface area (Å²) >= 11 is 12.5. The summed E-state index contributed by atoms with van der Waals surface area (Å²) in [7, 11) is 0. The molecule has 0 aliphatic carbocycles. The average molecular weight is 500 g/mol. The van der Waals surface area contributed by atoms with E-state index in [1.807, 2.05) is 0 Å². The SMILES string of the molecule is Cc1cc(C(F)(F)F)c2c(C)nn(CC(=O)N3CCN(Cc4c(Cl)cccc4Cl)CC3)c2n1. The van der Waals surface area contributed by atoms with E-state index in [2.05, 4.69) is 15.0 Å². The predicted molar refractivity (Wildman–Crippen MR) is 120 cm³/mol. The molecule has 0 saturated carbocycles. The van der Waals surface area contributed by atoms with Gasteiger partial charge in [-0.15, -0.1) is 0 Å². The van der Waals surface area contributed by atoms with Gasteiger partial charge in [0.25, 0.3) is 0 Å². The Kier molecular flexibility index (Phi) is 6.57. The molecule has 0 unspecified atom stereocenters. The largest absolute Gasteiger partial charge is 0.417 e. The van der Waals surface area contributed by atoms with Gasteiger partial charge in [-0.3, -0.25) is 9.69 Å². The lowest BCUT2D eigenvalue weighted by Crippen LogP contribution is -2.49. The number of halogens is 5. The number of alkyl halides is 3. The highest BCUT2D eigenvalue weighted by atomic mass is 35.5. The van der Waals surface area contributed by atoms with E-state index in [4.69, 9.17) is 23.2 Å². The number of benzene rings is 1. The first kappa shape index (κ1) is 23.8. The maximum atomic E-state index is 13.5. The monoisotopic (exact) mass is 499 g/mol. The van der Waals surface area contributed by atoms with Crippen LogP contribution in [-0.4, -0.2) is 56.7 Å². The van der Waals surface area contributed by atoms with Crippen molar-refractivity contribution < 1.29 is 18.0 Å². The molecule has 4 rings (SSSR count). The molecule has 0 bridgehead atoms. The van der Waals surface area contributed by atoms with Gasteiger partial charge in [0.2, 0.25) is 5.91 Å². The summed E-state index contributed by atoms with van der Waals surface area (Å²) in [6, 6.07) is 6.38. The first-order valence-electron chi connectivity index (χ1n) is 10.4. The normalized spacial score (nSPS) is 15.4. The topological polar surface area (TPSA) is 54.3 Å². The second-order valence-corrected chi connectivity index (χ2v) is 8.92. The van der Waals surface area contributed by atoms with Crippen molar-refractivity contribution in [3.63, 3.8) is 0 Å². The van der Waals surface area contributed by atoms with Gasteiger partial charge in [-0.1, -0.05) is 29.3 Å². The Balaban J connectivity index is 1.46. The minimum atomic E-state index is -4.53. The summed E-state index contributed by atoms with van der Waals surface area (Å²) < 4.78 is 41.8. The first-order valence-corrected chi connectivity index (χ1v) is 11.1. The Labute approximate surface area is 198 Å². The summed E-state index contributed by atoms with van der Waals surface area (Å²) in [6.07, 6.45) is -4.53.